The minimum atomic E-state index is -0.264. The van der Waals surface area contributed by atoms with Gasteiger partial charge in [-0.25, -0.2) is 0 Å². The molecule has 0 radical (unpaired) electrons. The van der Waals surface area contributed by atoms with Gasteiger partial charge in [-0.2, -0.15) is 0 Å². The van der Waals surface area contributed by atoms with Gasteiger partial charge in [0.1, 0.15) is 5.75 Å². The van der Waals surface area contributed by atoms with E-state index in [2.05, 4.69) is 10.2 Å². The van der Waals surface area contributed by atoms with Gasteiger partial charge in [-0.15, -0.1) is 0 Å². The molecule has 0 aliphatic carbocycles. The number of nitrogens with one attached hydrogen (secondary N) is 1. The number of rotatable bonds is 6. The number of piperidine rings is 3. The largest absolute Gasteiger partial charge is 0.493 e. The van der Waals surface area contributed by atoms with Gasteiger partial charge in [0.15, 0.2) is 0 Å². The topological polar surface area (TPSA) is 61.9 Å². The van der Waals surface area contributed by atoms with Crippen molar-refractivity contribution in [3.63, 3.8) is 0 Å². The van der Waals surface area contributed by atoms with E-state index in [0.29, 0.717) is 41.8 Å². The molecule has 162 valence electrons. The Labute approximate surface area is 183 Å². The summed E-state index contributed by atoms with van der Waals surface area (Å²) >= 11 is 0. The number of nitrogens with zero attached hydrogens (tertiary/aromatic N) is 2. The van der Waals surface area contributed by atoms with Crippen LogP contribution in [0.1, 0.15) is 52.5 Å². The average molecular weight is 420 g/mol. The van der Waals surface area contributed by atoms with Crippen LogP contribution in [0.2, 0.25) is 0 Å². The maximum absolute atomic E-state index is 13.3. The number of amides is 2. The van der Waals surface area contributed by atoms with Gasteiger partial charge < -0.3 is 15.0 Å². The number of benzene rings is 2. The zero-order valence-corrected chi connectivity index (χ0v) is 18.0. The van der Waals surface area contributed by atoms with E-state index in [0.717, 1.165) is 31.1 Å². The van der Waals surface area contributed by atoms with Crippen molar-refractivity contribution < 1.29 is 14.3 Å². The first kappa shape index (κ1) is 20.1. The van der Waals surface area contributed by atoms with Crippen molar-refractivity contribution in [2.45, 2.75) is 38.8 Å². The molecule has 1 atom stereocenters. The summed E-state index contributed by atoms with van der Waals surface area (Å²) in [5.74, 6) is 1.12. The van der Waals surface area contributed by atoms with Gasteiger partial charge in [0, 0.05) is 19.1 Å². The van der Waals surface area contributed by atoms with Crippen molar-refractivity contribution in [3.05, 3.63) is 59.2 Å². The van der Waals surface area contributed by atoms with E-state index in [-0.39, 0.29) is 11.8 Å². The molecule has 4 aliphatic heterocycles. The molecule has 4 heterocycles. The summed E-state index contributed by atoms with van der Waals surface area (Å²) in [4.78, 5) is 30.8. The Morgan fingerprint density at radius 1 is 1.13 bits per heavy atom. The molecule has 0 aromatic heterocycles. The fraction of sp³-hybridized carbons (Fsp3) is 0.440. The third-order valence-electron chi connectivity index (χ3n) is 6.89. The van der Waals surface area contributed by atoms with Gasteiger partial charge in [0.05, 0.1) is 23.4 Å². The molecular formula is C25H29N3O3. The summed E-state index contributed by atoms with van der Waals surface area (Å²) in [6.07, 6.45) is 3.78. The van der Waals surface area contributed by atoms with Crippen molar-refractivity contribution in [1.29, 1.82) is 0 Å². The molecule has 0 spiro atoms. The van der Waals surface area contributed by atoms with E-state index in [1.807, 2.05) is 42.2 Å². The van der Waals surface area contributed by atoms with Crippen LogP contribution in [0.15, 0.2) is 42.5 Å². The minimum Gasteiger partial charge on any atom is -0.493 e. The molecule has 0 saturated carbocycles. The van der Waals surface area contributed by atoms with Crippen molar-refractivity contribution in [3.8, 4) is 5.75 Å². The van der Waals surface area contributed by atoms with Crippen LogP contribution in [-0.4, -0.2) is 53.9 Å². The summed E-state index contributed by atoms with van der Waals surface area (Å²) in [7, 11) is 0. The number of carbonyl (C=O) groups excluding carboxylic acids is 2. The molecule has 6 rings (SSSR count). The third kappa shape index (κ3) is 3.81. The first-order valence-electron chi connectivity index (χ1n) is 11.3. The first-order chi connectivity index (χ1) is 15.1. The number of para-hydroxylation sites is 1. The van der Waals surface area contributed by atoms with Crippen LogP contribution in [0.5, 0.6) is 5.75 Å². The van der Waals surface area contributed by atoms with Crippen LogP contribution in [0.25, 0.3) is 0 Å². The Hall–Kier alpha value is -2.86. The van der Waals surface area contributed by atoms with Crippen molar-refractivity contribution in [2.75, 3.05) is 31.6 Å². The lowest BCUT2D eigenvalue weighted by Gasteiger charge is -2.46. The summed E-state index contributed by atoms with van der Waals surface area (Å²) in [6, 6.07) is 13.4. The maximum Gasteiger partial charge on any atom is 0.259 e. The highest BCUT2D eigenvalue weighted by Crippen LogP contribution is 2.35. The van der Waals surface area contributed by atoms with Crippen LogP contribution in [0.4, 0.5) is 5.69 Å². The van der Waals surface area contributed by atoms with E-state index >= 15 is 0 Å². The molecule has 3 fully saturated rings. The predicted octanol–water partition coefficient (Wildman–Crippen LogP) is 3.78. The molecule has 2 aromatic carbocycles. The Kier molecular flexibility index (Phi) is 5.40. The highest BCUT2D eigenvalue weighted by atomic mass is 16.5. The van der Waals surface area contributed by atoms with Crippen LogP contribution < -0.4 is 10.1 Å². The van der Waals surface area contributed by atoms with Crippen molar-refractivity contribution in [2.24, 2.45) is 5.92 Å². The molecular weight excluding hydrogens is 390 g/mol. The maximum atomic E-state index is 13.3. The van der Waals surface area contributed by atoms with E-state index < -0.39 is 0 Å². The van der Waals surface area contributed by atoms with Crippen molar-refractivity contribution >= 4 is 17.5 Å². The number of fused-ring (bicyclic) bond motifs is 4. The van der Waals surface area contributed by atoms with Crippen LogP contribution in [0.3, 0.4) is 0 Å². The highest BCUT2D eigenvalue weighted by molar-refractivity contribution is 6.11. The fourth-order valence-corrected chi connectivity index (χ4v) is 5.33. The zero-order chi connectivity index (χ0) is 21.4. The van der Waals surface area contributed by atoms with Gasteiger partial charge in [-0.3, -0.25) is 14.5 Å². The quantitative estimate of drug-likeness (QED) is 0.774. The molecule has 31 heavy (non-hydrogen) atoms. The molecule has 1 N–H and O–H groups in total. The Morgan fingerprint density at radius 2 is 1.94 bits per heavy atom. The van der Waals surface area contributed by atoms with E-state index in [1.165, 1.54) is 19.3 Å². The summed E-state index contributed by atoms with van der Waals surface area (Å²) in [5, 5.41) is 2.96. The van der Waals surface area contributed by atoms with Crippen LogP contribution >= 0.6 is 0 Å². The van der Waals surface area contributed by atoms with Crippen LogP contribution in [0, 0.1) is 5.92 Å². The summed E-state index contributed by atoms with van der Waals surface area (Å²) in [5.41, 5.74) is 2.65. The third-order valence-corrected chi connectivity index (χ3v) is 6.89. The molecule has 2 bridgehead atoms. The number of hydrogen-bond acceptors (Lipinski definition) is 4. The van der Waals surface area contributed by atoms with E-state index in [9.17, 15) is 9.59 Å². The number of carbonyl (C=O) groups is 2. The van der Waals surface area contributed by atoms with Gasteiger partial charge in [0.25, 0.3) is 11.8 Å². The lowest BCUT2D eigenvalue weighted by molar-refractivity contribution is 0.0268. The monoisotopic (exact) mass is 419 g/mol. The van der Waals surface area contributed by atoms with Gasteiger partial charge in [0.2, 0.25) is 0 Å². The zero-order valence-electron chi connectivity index (χ0n) is 18.0. The Bertz CT molecular complexity index is 997. The first-order valence-corrected chi connectivity index (χ1v) is 11.3. The second-order valence-electron chi connectivity index (χ2n) is 8.78. The average Bonchev–Trinajstić information content (AvgIpc) is 3.11. The minimum absolute atomic E-state index is 0.0200. The smallest absolute Gasteiger partial charge is 0.259 e. The van der Waals surface area contributed by atoms with Gasteiger partial charge >= 0.3 is 0 Å². The lowest BCUT2D eigenvalue weighted by Crippen LogP contribution is -2.53. The fourth-order valence-electron chi connectivity index (χ4n) is 5.33. The normalized spacial score (nSPS) is 24.2. The van der Waals surface area contributed by atoms with Gasteiger partial charge in [-0.1, -0.05) is 24.3 Å². The summed E-state index contributed by atoms with van der Waals surface area (Å²) in [6.45, 7) is 6.07. The number of anilines is 1. The Balaban J connectivity index is 1.34. The molecule has 2 aromatic rings. The second kappa shape index (κ2) is 8.35. The SMILES string of the molecule is CCOc1ccccc1C(=O)Nc1cccc2c1C(=O)N(C[C@@H]1CC3CCN1CC3)C2. The van der Waals surface area contributed by atoms with E-state index in [4.69, 9.17) is 4.74 Å². The van der Waals surface area contributed by atoms with Crippen molar-refractivity contribution in [1.82, 2.24) is 9.80 Å². The molecule has 6 nitrogen and oxygen atoms in total. The second-order valence-corrected chi connectivity index (χ2v) is 8.78. The molecule has 2 amide bonds. The highest BCUT2D eigenvalue weighted by Gasteiger charge is 2.38. The standard InChI is InChI=1S/C25H29N3O3/c1-2-31-22-9-4-3-7-20(22)24(29)26-21-8-5-6-18-15-28(25(30)23(18)21)16-19-14-17-10-12-27(19)13-11-17/h3-9,17,19H,2,10-16H2,1H3,(H,26,29)/t19-/m0/s1. The number of hydrogen-bond donors (Lipinski definition) is 1. The summed E-state index contributed by atoms with van der Waals surface area (Å²) < 4.78 is 5.59. The molecule has 6 heteroatoms. The molecule has 3 saturated heterocycles. The van der Waals surface area contributed by atoms with E-state index in [1.54, 1.807) is 12.1 Å². The molecule has 4 aliphatic rings. The van der Waals surface area contributed by atoms with Crippen LogP contribution in [-0.2, 0) is 6.54 Å². The number of ether oxygens (including phenoxy) is 1. The molecule has 0 unspecified atom stereocenters. The van der Waals surface area contributed by atoms with Gasteiger partial charge in [-0.05, 0) is 69.0 Å². The predicted molar refractivity (Wildman–Crippen MR) is 119 cm³/mol. The Morgan fingerprint density at radius 3 is 2.68 bits per heavy atom. The lowest BCUT2D eigenvalue weighted by atomic mass is 9.83.